The van der Waals surface area contributed by atoms with Crippen LogP contribution in [0.2, 0.25) is 0 Å². The lowest BCUT2D eigenvalue weighted by atomic mass is 10.1. The van der Waals surface area contributed by atoms with E-state index < -0.39 is 6.09 Å². The van der Waals surface area contributed by atoms with Crippen molar-refractivity contribution in [3.8, 4) is 0 Å². The second-order valence-electron chi connectivity index (χ2n) is 9.83. The Morgan fingerprint density at radius 2 is 1.74 bits per heavy atom. The zero-order valence-electron chi connectivity index (χ0n) is 25.2. The zero-order chi connectivity index (χ0) is 31.2. The number of aryl methyl sites for hydroxylation is 1. The SMILES string of the molecule is CCN(CC)CCN(C)C(=O)c1ccc(Nc2nccc(N(C(=O)O)c3cccc(CCC(=O)NCCOC)c3)n2)cc1. The van der Waals surface area contributed by atoms with Crippen LogP contribution in [0, 0.1) is 0 Å². The first-order valence-corrected chi connectivity index (χ1v) is 14.3. The fourth-order valence-electron chi connectivity index (χ4n) is 4.34. The molecule has 3 N–H and O–H groups in total. The molecule has 0 aliphatic heterocycles. The van der Waals surface area contributed by atoms with E-state index in [9.17, 15) is 19.5 Å². The molecule has 3 aromatic rings. The van der Waals surface area contributed by atoms with E-state index in [4.69, 9.17) is 4.74 Å². The van der Waals surface area contributed by atoms with Crippen LogP contribution in [0.5, 0.6) is 0 Å². The number of nitrogens with one attached hydrogen (secondary N) is 2. The predicted molar refractivity (Wildman–Crippen MR) is 166 cm³/mol. The number of rotatable bonds is 16. The molecule has 1 aromatic heterocycles. The summed E-state index contributed by atoms with van der Waals surface area (Å²) in [6.45, 7) is 8.40. The van der Waals surface area contributed by atoms with Crippen LogP contribution in [-0.4, -0.2) is 96.3 Å². The van der Waals surface area contributed by atoms with Crippen molar-refractivity contribution in [3.05, 3.63) is 71.9 Å². The summed E-state index contributed by atoms with van der Waals surface area (Å²) in [4.78, 5) is 50.9. The van der Waals surface area contributed by atoms with Gasteiger partial charge in [-0.25, -0.2) is 14.7 Å². The Labute approximate surface area is 252 Å². The van der Waals surface area contributed by atoms with Gasteiger partial charge in [-0.1, -0.05) is 26.0 Å². The third kappa shape index (κ3) is 10.0. The molecule has 3 rings (SSSR count). The number of aromatic nitrogens is 2. The molecule has 2 aromatic carbocycles. The minimum absolute atomic E-state index is 0.0667. The Hall–Kier alpha value is -4.55. The molecule has 12 nitrogen and oxygen atoms in total. The Morgan fingerprint density at radius 1 is 1.00 bits per heavy atom. The van der Waals surface area contributed by atoms with Crippen LogP contribution in [0.4, 0.5) is 27.9 Å². The van der Waals surface area contributed by atoms with Gasteiger partial charge in [0.1, 0.15) is 5.82 Å². The van der Waals surface area contributed by atoms with Crippen molar-refractivity contribution in [1.82, 2.24) is 25.1 Å². The largest absolute Gasteiger partial charge is 0.464 e. The fraction of sp³-hybridized carbons (Fsp3) is 0.387. The van der Waals surface area contributed by atoms with Crippen molar-refractivity contribution in [2.75, 3.05) is 63.7 Å². The number of carboxylic acid groups (broad SMARTS) is 1. The van der Waals surface area contributed by atoms with Gasteiger partial charge in [0.25, 0.3) is 5.91 Å². The normalized spacial score (nSPS) is 10.8. The molecule has 1 heterocycles. The number of carbonyl (C=O) groups excluding carboxylic acids is 2. The fourth-order valence-corrected chi connectivity index (χ4v) is 4.34. The molecule has 0 radical (unpaired) electrons. The van der Waals surface area contributed by atoms with E-state index in [-0.39, 0.29) is 30.0 Å². The zero-order valence-corrected chi connectivity index (χ0v) is 25.2. The van der Waals surface area contributed by atoms with Crippen molar-refractivity contribution in [1.29, 1.82) is 0 Å². The topological polar surface area (TPSA) is 140 Å². The number of likely N-dealkylation sites (N-methyl/N-ethyl adjacent to an activating group) is 2. The lowest BCUT2D eigenvalue weighted by Gasteiger charge is -2.23. The van der Waals surface area contributed by atoms with E-state index in [1.165, 1.54) is 12.3 Å². The molecule has 43 heavy (non-hydrogen) atoms. The van der Waals surface area contributed by atoms with E-state index in [2.05, 4.69) is 39.3 Å². The van der Waals surface area contributed by atoms with Gasteiger partial charge in [0.2, 0.25) is 11.9 Å². The van der Waals surface area contributed by atoms with Gasteiger partial charge < -0.3 is 30.3 Å². The molecule has 0 atom stereocenters. The van der Waals surface area contributed by atoms with Crippen LogP contribution in [0.1, 0.15) is 36.2 Å². The monoisotopic (exact) mass is 591 g/mol. The molecule has 0 bridgehead atoms. The van der Waals surface area contributed by atoms with Gasteiger partial charge in [-0.3, -0.25) is 9.59 Å². The van der Waals surface area contributed by atoms with E-state index in [1.54, 1.807) is 61.5 Å². The maximum Gasteiger partial charge on any atom is 0.417 e. The molecular weight excluding hydrogens is 550 g/mol. The number of amides is 3. The van der Waals surface area contributed by atoms with Gasteiger partial charge in [0, 0.05) is 63.7 Å². The molecule has 0 aliphatic carbocycles. The molecule has 0 saturated heterocycles. The summed E-state index contributed by atoms with van der Waals surface area (Å²) < 4.78 is 4.94. The van der Waals surface area contributed by atoms with Gasteiger partial charge >= 0.3 is 6.09 Å². The van der Waals surface area contributed by atoms with E-state index >= 15 is 0 Å². The quantitative estimate of drug-likeness (QED) is 0.210. The number of carbonyl (C=O) groups is 3. The van der Waals surface area contributed by atoms with Crippen LogP contribution < -0.4 is 15.5 Å². The second kappa shape index (κ2) is 16.8. The third-order valence-electron chi connectivity index (χ3n) is 6.88. The number of methoxy groups -OCH3 is 1. The molecule has 12 heteroatoms. The number of anilines is 4. The summed E-state index contributed by atoms with van der Waals surface area (Å²) in [6, 6.07) is 15.5. The summed E-state index contributed by atoms with van der Waals surface area (Å²) in [7, 11) is 3.36. The van der Waals surface area contributed by atoms with Crippen molar-refractivity contribution < 1.29 is 24.2 Å². The highest BCUT2D eigenvalue weighted by Gasteiger charge is 2.20. The van der Waals surface area contributed by atoms with Crippen LogP contribution in [0.3, 0.4) is 0 Å². The second-order valence-corrected chi connectivity index (χ2v) is 9.83. The molecule has 0 spiro atoms. The van der Waals surface area contributed by atoms with Crippen molar-refractivity contribution in [2.24, 2.45) is 0 Å². The molecule has 0 unspecified atom stereocenters. The average molecular weight is 592 g/mol. The summed E-state index contributed by atoms with van der Waals surface area (Å²) in [5.74, 6) is 0.177. The van der Waals surface area contributed by atoms with E-state index in [0.717, 1.165) is 30.1 Å². The summed E-state index contributed by atoms with van der Waals surface area (Å²) in [5.41, 5.74) is 2.41. The van der Waals surface area contributed by atoms with Crippen molar-refractivity contribution >= 4 is 41.0 Å². The first-order valence-electron chi connectivity index (χ1n) is 14.3. The Kier molecular flexibility index (Phi) is 12.9. The molecule has 3 amide bonds. The number of nitrogens with zero attached hydrogens (tertiary/aromatic N) is 5. The van der Waals surface area contributed by atoms with Gasteiger partial charge in [0.05, 0.1) is 12.3 Å². The number of hydrogen-bond acceptors (Lipinski definition) is 8. The molecular formula is C31H41N7O5. The molecule has 0 saturated carbocycles. The van der Waals surface area contributed by atoms with Gasteiger partial charge in [-0.15, -0.1) is 0 Å². The highest BCUT2D eigenvalue weighted by molar-refractivity contribution is 5.95. The molecule has 230 valence electrons. The predicted octanol–water partition coefficient (Wildman–Crippen LogP) is 4.15. The number of ether oxygens (including phenoxy) is 1. The van der Waals surface area contributed by atoms with E-state index in [1.807, 2.05) is 6.07 Å². The van der Waals surface area contributed by atoms with Gasteiger partial charge in [-0.05, 0) is 61.5 Å². The first kappa shape index (κ1) is 33.0. The lowest BCUT2D eigenvalue weighted by molar-refractivity contribution is -0.121. The van der Waals surface area contributed by atoms with Gasteiger partial charge in [-0.2, -0.15) is 4.98 Å². The smallest absolute Gasteiger partial charge is 0.417 e. The summed E-state index contributed by atoms with van der Waals surface area (Å²) in [6.07, 6.45) is 0.962. The Morgan fingerprint density at radius 3 is 2.42 bits per heavy atom. The maximum absolute atomic E-state index is 12.9. The standard InChI is InChI=1S/C31H41N7O5/c1-5-37(6-2)20-19-36(3)29(40)24-11-13-25(14-12-24)34-30-33-17-16-27(35-30)38(31(41)42)26-9-7-8-23(22-26)10-15-28(39)32-18-21-43-4/h7-9,11-14,16-17,22H,5-6,10,15,18-21H2,1-4H3,(H,32,39)(H,41,42)(H,33,34,35). The molecule has 0 aliphatic rings. The lowest BCUT2D eigenvalue weighted by Crippen LogP contribution is -2.36. The van der Waals surface area contributed by atoms with Gasteiger partial charge in [0.15, 0.2) is 0 Å². The highest BCUT2D eigenvalue weighted by atomic mass is 16.5. The minimum Gasteiger partial charge on any atom is -0.464 e. The van der Waals surface area contributed by atoms with Crippen LogP contribution >= 0.6 is 0 Å². The van der Waals surface area contributed by atoms with Crippen molar-refractivity contribution in [2.45, 2.75) is 26.7 Å². The number of hydrogen-bond donors (Lipinski definition) is 3. The maximum atomic E-state index is 12.9. The highest BCUT2D eigenvalue weighted by Crippen LogP contribution is 2.26. The summed E-state index contributed by atoms with van der Waals surface area (Å²) in [5, 5.41) is 15.9. The van der Waals surface area contributed by atoms with Crippen LogP contribution in [0.25, 0.3) is 0 Å². The Bertz CT molecular complexity index is 1350. The number of benzene rings is 2. The average Bonchev–Trinajstić information content (AvgIpc) is 3.01. The third-order valence-corrected chi connectivity index (χ3v) is 6.88. The Balaban J connectivity index is 1.67. The van der Waals surface area contributed by atoms with Crippen molar-refractivity contribution in [3.63, 3.8) is 0 Å². The van der Waals surface area contributed by atoms with Crippen LogP contribution in [0.15, 0.2) is 60.8 Å². The first-order chi connectivity index (χ1) is 20.7. The van der Waals surface area contributed by atoms with Crippen LogP contribution in [-0.2, 0) is 16.0 Å². The van der Waals surface area contributed by atoms with E-state index in [0.29, 0.717) is 43.1 Å². The minimum atomic E-state index is -1.22. The molecule has 0 fully saturated rings. The summed E-state index contributed by atoms with van der Waals surface area (Å²) >= 11 is 0.